The molecule has 0 bridgehead atoms. The molecule has 16 heavy (non-hydrogen) atoms. The van der Waals surface area contributed by atoms with Crippen molar-refractivity contribution in [3.05, 3.63) is 29.6 Å². The lowest BCUT2D eigenvalue weighted by atomic mass is 10.1. The molecule has 0 aliphatic heterocycles. The number of carbonyl (C=O) groups excluding carboxylic acids is 1. The van der Waals surface area contributed by atoms with Crippen molar-refractivity contribution in [1.82, 2.24) is 4.98 Å². The summed E-state index contributed by atoms with van der Waals surface area (Å²) >= 11 is 0. The number of hydrogen-bond donors (Lipinski definition) is 2. The number of pyridine rings is 1. The molecule has 0 atom stereocenters. The summed E-state index contributed by atoms with van der Waals surface area (Å²) < 4.78 is 0. The third-order valence-electron chi connectivity index (χ3n) is 2.86. The van der Waals surface area contributed by atoms with Gasteiger partial charge in [-0.15, -0.1) is 0 Å². The highest BCUT2D eigenvalue weighted by Crippen LogP contribution is 2.33. The van der Waals surface area contributed by atoms with E-state index in [1.807, 2.05) is 0 Å². The van der Waals surface area contributed by atoms with Crippen LogP contribution in [0.15, 0.2) is 18.3 Å². The van der Waals surface area contributed by atoms with Crippen LogP contribution in [0.3, 0.4) is 0 Å². The predicted molar refractivity (Wildman–Crippen MR) is 61.5 cm³/mol. The molecule has 3 N–H and O–H groups in total. The van der Waals surface area contributed by atoms with Crippen molar-refractivity contribution in [2.45, 2.75) is 25.7 Å². The Bertz CT molecular complexity index is 407. The molecule has 1 aromatic heterocycles. The van der Waals surface area contributed by atoms with Gasteiger partial charge in [0, 0.05) is 17.5 Å². The van der Waals surface area contributed by atoms with Gasteiger partial charge in [0.25, 0.3) is 5.91 Å². The summed E-state index contributed by atoms with van der Waals surface area (Å²) in [4.78, 5) is 14.7. The van der Waals surface area contributed by atoms with Gasteiger partial charge in [-0.3, -0.25) is 9.78 Å². The average molecular weight is 217 g/mol. The number of nitrogens with one attached hydrogen (secondary N) is 1. The van der Waals surface area contributed by atoms with Gasteiger partial charge in [0.05, 0.1) is 0 Å². The van der Waals surface area contributed by atoms with E-state index in [2.05, 4.69) is 4.98 Å². The zero-order chi connectivity index (χ0) is 11.5. The van der Waals surface area contributed by atoms with Crippen molar-refractivity contribution in [3.8, 4) is 0 Å². The first-order chi connectivity index (χ1) is 7.66. The lowest BCUT2D eigenvalue weighted by molar-refractivity contribution is 0.0995. The highest BCUT2D eigenvalue weighted by molar-refractivity contribution is 5.98. The first kappa shape index (κ1) is 10.8. The molecule has 4 heteroatoms. The van der Waals surface area contributed by atoms with Gasteiger partial charge in [-0.2, -0.15) is 0 Å². The Morgan fingerprint density at radius 2 is 2.25 bits per heavy atom. The molecule has 84 valence electrons. The first-order valence-electron chi connectivity index (χ1n) is 5.50. The fraction of sp³-hybridized carbons (Fsp3) is 0.417. The summed E-state index contributed by atoms with van der Waals surface area (Å²) in [7, 11) is 0. The molecule has 1 heterocycles. The summed E-state index contributed by atoms with van der Waals surface area (Å²) in [5, 5.41) is 7.87. The van der Waals surface area contributed by atoms with Crippen molar-refractivity contribution in [2.24, 2.45) is 11.7 Å². The maximum Gasteiger partial charge on any atom is 0.267 e. The van der Waals surface area contributed by atoms with Crippen LogP contribution >= 0.6 is 0 Å². The van der Waals surface area contributed by atoms with Crippen molar-refractivity contribution >= 4 is 11.6 Å². The van der Waals surface area contributed by atoms with Gasteiger partial charge in [-0.1, -0.05) is 12.8 Å². The fourth-order valence-electron chi connectivity index (χ4n) is 1.62. The Morgan fingerprint density at radius 1 is 1.50 bits per heavy atom. The second-order valence-electron chi connectivity index (χ2n) is 4.26. The Balaban J connectivity index is 1.96. The quantitative estimate of drug-likeness (QED) is 0.737. The molecule has 0 spiro atoms. The van der Waals surface area contributed by atoms with Gasteiger partial charge in [0.15, 0.2) is 0 Å². The molecule has 0 radical (unpaired) electrons. The van der Waals surface area contributed by atoms with Crippen LogP contribution in [0.5, 0.6) is 0 Å². The van der Waals surface area contributed by atoms with E-state index in [1.165, 1.54) is 12.8 Å². The minimum Gasteiger partial charge on any atom is -0.364 e. The number of nitrogens with two attached hydrogens (primary N) is 1. The Labute approximate surface area is 94.4 Å². The molecular weight excluding hydrogens is 202 g/mol. The molecule has 1 aliphatic rings. The van der Waals surface area contributed by atoms with Gasteiger partial charge in [-0.05, 0) is 30.9 Å². The van der Waals surface area contributed by atoms with Crippen LogP contribution in [0.25, 0.3) is 0 Å². The van der Waals surface area contributed by atoms with E-state index in [4.69, 9.17) is 11.1 Å². The minimum atomic E-state index is -0.531. The van der Waals surface area contributed by atoms with E-state index in [0.717, 1.165) is 24.3 Å². The Kier molecular flexibility index (Phi) is 2.99. The van der Waals surface area contributed by atoms with Gasteiger partial charge >= 0.3 is 0 Å². The van der Waals surface area contributed by atoms with Gasteiger partial charge in [-0.25, -0.2) is 0 Å². The first-order valence-corrected chi connectivity index (χ1v) is 5.50. The Morgan fingerprint density at radius 3 is 2.75 bits per heavy atom. The zero-order valence-corrected chi connectivity index (χ0v) is 9.07. The maximum atomic E-state index is 10.8. The number of rotatable bonds is 5. The number of primary amides is 1. The van der Waals surface area contributed by atoms with Crippen LogP contribution in [0.1, 0.15) is 41.7 Å². The molecule has 1 amide bonds. The van der Waals surface area contributed by atoms with Crippen molar-refractivity contribution < 1.29 is 4.79 Å². The summed E-state index contributed by atoms with van der Waals surface area (Å²) in [6.45, 7) is 0. The number of carbonyl (C=O) groups is 1. The van der Waals surface area contributed by atoms with Gasteiger partial charge in [0.2, 0.25) is 0 Å². The molecular formula is C12H15N3O. The van der Waals surface area contributed by atoms with Crippen molar-refractivity contribution in [2.75, 3.05) is 0 Å². The average Bonchev–Trinajstić information content (AvgIpc) is 3.10. The van der Waals surface area contributed by atoms with Crippen LogP contribution in [-0.2, 0) is 0 Å². The normalized spacial score (nSPS) is 14.8. The zero-order valence-electron chi connectivity index (χ0n) is 9.07. The predicted octanol–water partition coefficient (Wildman–Crippen LogP) is 1.74. The van der Waals surface area contributed by atoms with Gasteiger partial charge < -0.3 is 11.1 Å². The van der Waals surface area contributed by atoms with E-state index in [-0.39, 0.29) is 5.69 Å². The molecule has 0 saturated heterocycles. The van der Waals surface area contributed by atoms with Crippen molar-refractivity contribution in [1.29, 1.82) is 5.41 Å². The number of aromatic nitrogens is 1. The fourth-order valence-corrected chi connectivity index (χ4v) is 1.62. The van der Waals surface area contributed by atoms with Crippen LogP contribution in [0.2, 0.25) is 0 Å². The third-order valence-corrected chi connectivity index (χ3v) is 2.86. The summed E-state index contributed by atoms with van der Waals surface area (Å²) in [5.41, 5.74) is 6.72. The largest absolute Gasteiger partial charge is 0.364 e. The van der Waals surface area contributed by atoms with Crippen LogP contribution in [-0.4, -0.2) is 16.6 Å². The molecule has 1 fully saturated rings. The topological polar surface area (TPSA) is 79.8 Å². The summed E-state index contributed by atoms with van der Waals surface area (Å²) in [6.07, 6.45) is 6.06. The summed E-state index contributed by atoms with van der Waals surface area (Å²) in [5.74, 6) is 0.300. The lowest BCUT2D eigenvalue weighted by Gasteiger charge is -2.03. The van der Waals surface area contributed by atoms with E-state index in [1.54, 1.807) is 18.3 Å². The Hall–Kier alpha value is -1.71. The second kappa shape index (κ2) is 4.43. The summed E-state index contributed by atoms with van der Waals surface area (Å²) in [6, 6.07) is 3.31. The number of nitrogens with zero attached hydrogens (tertiary/aromatic N) is 1. The second-order valence-corrected chi connectivity index (χ2v) is 4.26. The van der Waals surface area contributed by atoms with Crippen LogP contribution in [0.4, 0.5) is 0 Å². The molecule has 2 rings (SSSR count). The van der Waals surface area contributed by atoms with Crippen LogP contribution in [0, 0.1) is 11.3 Å². The minimum absolute atomic E-state index is 0.249. The molecule has 4 nitrogen and oxygen atoms in total. The standard InChI is InChI=1S/C12H15N3O/c13-10(5-3-8-1-2-8)9-4-6-11(12(14)16)15-7-9/h4,6-8,13H,1-3,5H2,(H2,14,16). The van der Waals surface area contributed by atoms with E-state index in [9.17, 15) is 4.79 Å². The number of hydrogen-bond acceptors (Lipinski definition) is 3. The van der Waals surface area contributed by atoms with Crippen LogP contribution < -0.4 is 5.73 Å². The molecule has 0 aromatic carbocycles. The molecule has 1 saturated carbocycles. The third kappa shape index (κ3) is 2.66. The van der Waals surface area contributed by atoms with Gasteiger partial charge in [0.1, 0.15) is 5.69 Å². The van der Waals surface area contributed by atoms with Crippen molar-refractivity contribution in [3.63, 3.8) is 0 Å². The smallest absolute Gasteiger partial charge is 0.267 e. The van der Waals surface area contributed by atoms with E-state index in [0.29, 0.717) is 5.71 Å². The van der Waals surface area contributed by atoms with E-state index < -0.39 is 5.91 Å². The molecule has 0 unspecified atom stereocenters. The van der Waals surface area contributed by atoms with E-state index >= 15 is 0 Å². The molecule has 1 aliphatic carbocycles. The highest BCUT2D eigenvalue weighted by atomic mass is 16.1. The highest BCUT2D eigenvalue weighted by Gasteiger charge is 2.21. The maximum absolute atomic E-state index is 10.8. The lowest BCUT2D eigenvalue weighted by Crippen LogP contribution is -2.13. The molecule has 1 aromatic rings. The number of amides is 1. The SMILES string of the molecule is N=C(CCC1CC1)c1ccc(C(N)=O)nc1. The monoisotopic (exact) mass is 217 g/mol.